The van der Waals surface area contributed by atoms with E-state index >= 15 is 0 Å². The minimum Gasteiger partial charge on any atom is -0.464 e. The van der Waals surface area contributed by atoms with Crippen LogP contribution in [0.1, 0.15) is 0 Å². The molecule has 40 heavy (non-hydrogen) atoms. The first-order valence-electron chi connectivity index (χ1n) is 13.0. The summed E-state index contributed by atoms with van der Waals surface area (Å²) in [5, 5.41) is 3.40. The smallest absolute Gasteiger partial charge is 0.160 e. The molecular weight excluding hydrogens is 494 g/mol. The van der Waals surface area contributed by atoms with E-state index in [1.807, 2.05) is 36.4 Å². The molecule has 0 aliphatic rings. The highest BCUT2D eigenvalue weighted by Gasteiger charge is 2.17. The van der Waals surface area contributed by atoms with Gasteiger partial charge in [-0.05, 0) is 66.7 Å². The Kier molecular flexibility index (Phi) is 5.03. The van der Waals surface area contributed by atoms with Crippen LogP contribution in [0.15, 0.2) is 133 Å². The van der Waals surface area contributed by atoms with Crippen molar-refractivity contribution in [3.63, 3.8) is 0 Å². The van der Waals surface area contributed by atoms with Gasteiger partial charge in [-0.3, -0.25) is 9.97 Å². The normalized spacial score (nSPS) is 11.5. The molecule has 188 valence electrons. The molecule has 8 aromatic rings. The van der Waals surface area contributed by atoms with Gasteiger partial charge in [-0.1, -0.05) is 30.3 Å². The Morgan fingerprint density at radius 2 is 1.25 bits per heavy atom. The van der Waals surface area contributed by atoms with Crippen molar-refractivity contribution < 1.29 is 4.42 Å². The van der Waals surface area contributed by atoms with Gasteiger partial charge in [0.2, 0.25) is 0 Å². The van der Waals surface area contributed by atoms with Gasteiger partial charge in [0.1, 0.15) is 5.58 Å². The van der Waals surface area contributed by atoms with Crippen molar-refractivity contribution in [2.75, 3.05) is 0 Å². The molecule has 5 heterocycles. The minimum absolute atomic E-state index is 0.653. The molecule has 3 aromatic carbocycles. The van der Waals surface area contributed by atoms with E-state index in [0.717, 1.165) is 61.2 Å². The summed E-state index contributed by atoms with van der Waals surface area (Å²) in [6.45, 7) is 0. The Bertz CT molecular complexity index is 2090. The van der Waals surface area contributed by atoms with Crippen LogP contribution in [0, 0.1) is 0 Å². The highest BCUT2D eigenvalue weighted by Crippen LogP contribution is 2.37. The molecule has 8 rings (SSSR count). The largest absolute Gasteiger partial charge is 0.464 e. The van der Waals surface area contributed by atoms with Gasteiger partial charge in [0.25, 0.3) is 0 Å². The Morgan fingerprint density at radius 3 is 2.00 bits per heavy atom. The van der Waals surface area contributed by atoms with E-state index in [2.05, 4.69) is 75.2 Å². The number of rotatable bonds is 4. The second-order valence-corrected chi connectivity index (χ2v) is 9.63. The molecule has 0 saturated carbocycles. The van der Waals surface area contributed by atoms with Crippen LogP contribution in [0.5, 0.6) is 0 Å². The van der Waals surface area contributed by atoms with Crippen LogP contribution in [0.4, 0.5) is 0 Å². The zero-order valence-corrected chi connectivity index (χ0v) is 21.3. The maximum atomic E-state index is 5.93. The SMILES string of the molecule is c1ccc2c(c1)c1c3occc3ccc1n2-c1ccc(-c2cc(-c3ccncc3)nc(-c3ccncc3)n2)cc1. The van der Waals surface area contributed by atoms with E-state index in [1.54, 1.807) is 31.1 Å². The van der Waals surface area contributed by atoms with E-state index in [1.165, 1.54) is 5.39 Å². The van der Waals surface area contributed by atoms with Crippen molar-refractivity contribution in [2.24, 2.45) is 0 Å². The van der Waals surface area contributed by atoms with Crippen molar-refractivity contribution in [2.45, 2.75) is 0 Å². The van der Waals surface area contributed by atoms with Gasteiger partial charge in [0.05, 0.1) is 34.1 Å². The summed E-state index contributed by atoms with van der Waals surface area (Å²) in [7, 11) is 0. The molecule has 5 aromatic heterocycles. The van der Waals surface area contributed by atoms with Crippen LogP contribution in [-0.4, -0.2) is 24.5 Å². The van der Waals surface area contributed by atoms with Crippen molar-refractivity contribution in [1.29, 1.82) is 0 Å². The molecular formula is C34H21N5O. The highest BCUT2D eigenvalue weighted by atomic mass is 16.3. The molecule has 6 heteroatoms. The first-order valence-corrected chi connectivity index (χ1v) is 13.0. The highest BCUT2D eigenvalue weighted by molar-refractivity contribution is 6.19. The van der Waals surface area contributed by atoms with E-state index < -0.39 is 0 Å². The number of aromatic nitrogens is 5. The fraction of sp³-hybridized carbons (Fsp3) is 0. The molecule has 0 aliphatic carbocycles. The summed E-state index contributed by atoms with van der Waals surface area (Å²) < 4.78 is 8.22. The Morgan fingerprint density at radius 1 is 0.575 bits per heavy atom. The number of benzene rings is 3. The van der Waals surface area contributed by atoms with Gasteiger partial charge >= 0.3 is 0 Å². The lowest BCUT2D eigenvalue weighted by Gasteiger charge is -2.11. The average Bonchev–Trinajstić information content (AvgIpc) is 3.64. The first-order chi connectivity index (χ1) is 19.8. The number of nitrogens with zero attached hydrogens (tertiary/aromatic N) is 5. The maximum Gasteiger partial charge on any atom is 0.160 e. The summed E-state index contributed by atoms with van der Waals surface area (Å²) >= 11 is 0. The monoisotopic (exact) mass is 515 g/mol. The molecule has 0 amide bonds. The summed E-state index contributed by atoms with van der Waals surface area (Å²) in [6, 6.07) is 33.1. The van der Waals surface area contributed by atoms with Gasteiger partial charge < -0.3 is 8.98 Å². The van der Waals surface area contributed by atoms with E-state index in [9.17, 15) is 0 Å². The number of fused-ring (bicyclic) bond motifs is 5. The quantitative estimate of drug-likeness (QED) is 0.237. The Labute approximate surface area is 229 Å². The lowest BCUT2D eigenvalue weighted by molar-refractivity contribution is 0.619. The molecule has 0 N–H and O–H groups in total. The Balaban J connectivity index is 1.28. The molecule has 0 atom stereocenters. The number of hydrogen-bond donors (Lipinski definition) is 0. The summed E-state index contributed by atoms with van der Waals surface area (Å²) in [4.78, 5) is 18.1. The topological polar surface area (TPSA) is 69.6 Å². The van der Waals surface area contributed by atoms with Crippen molar-refractivity contribution in [3.8, 4) is 39.6 Å². The lowest BCUT2D eigenvalue weighted by atomic mass is 10.1. The molecule has 0 fully saturated rings. The number of furan rings is 1. The second-order valence-electron chi connectivity index (χ2n) is 9.63. The third kappa shape index (κ3) is 3.58. The van der Waals surface area contributed by atoms with Gasteiger partial charge in [0, 0.05) is 57.9 Å². The third-order valence-electron chi connectivity index (χ3n) is 7.32. The lowest BCUT2D eigenvalue weighted by Crippen LogP contribution is -1.97. The van der Waals surface area contributed by atoms with E-state index in [0.29, 0.717) is 5.82 Å². The zero-order chi connectivity index (χ0) is 26.5. The molecule has 0 saturated heterocycles. The van der Waals surface area contributed by atoms with Crippen LogP contribution in [0.2, 0.25) is 0 Å². The first kappa shape index (κ1) is 22.4. The average molecular weight is 516 g/mol. The third-order valence-corrected chi connectivity index (χ3v) is 7.32. The van der Waals surface area contributed by atoms with E-state index in [4.69, 9.17) is 14.4 Å². The van der Waals surface area contributed by atoms with Crippen molar-refractivity contribution >= 4 is 32.8 Å². The van der Waals surface area contributed by atoms with Gasteiger partial charge in [-0.15, -0.1) is 0 Å². The summed E-state index contributed by atoms with van der Waals surface area (Å²) in [5.74, 6) is 0.653. The number of pyridine rings is 2. The van der Waals surface area contributed by atoms with Crippen LogP contribution in [0.25, 0.3) is 72.4 Å². The van der Waals surface area contributed by atoms with Crippen molar-refractivity contribution in [3.05, 3.63) is 128 Å². The summed E-state index contributed by atoms with van der Waals surface area (Å²) in [6.07, 6.45) is 8.83. The molecule has 0 radical (unpaired) electrons. The predicted octanol–water partition coefficient (Wildman–Crippen LogP) is 8.11. The number of para-hydroxylation sites is 1. The minimum atomic E-state index is 0.653. The molecule has 0 bridgehead atoms. The molecule has 6 nitrogen and oxygen atoms in total. The van der Waals surface area contributed by atoms with E-state index in [-0.39, 0.29) is 0 Å². The predicted molar refractivity (Wildman–Crippen MR) is 158 cm³/mol. The van der Waals surface area contributed by atoms with Gasteiger partial charge in [-0.2, -0.15) is 0 Å². The molecule has 0 aliphatic heterocycles. The fourth-order valence-corrected chi connectivity index (χ4v) is 5.43. The standard InChI is InChI=1S/C34H21N5O/c1-2-4-30-27(3-1)32-31(10-7-24-15-20-40-33(24)32)39(30)26-8-5-22(6-9-26)28-21-29(23-11-16-35-17-12-23)38-34(37-28)25-13-18-36-19-14-25/h1-21H. The molecule has 0 spiro atoms. The molecule has 0 unspecified atom stereocenters. The van der Waals surface area contributed by atoms with Crippen molar-refractivity contribution in [1.82, 2.24) is 24.5 Å². The summed E-state index contributed by atoms with van der Waals surface area (Å²) in [5.41, 5.74) is 8.82. The van der Waals surface area contributed by atoms with Crippen LogP contribution >= 0.6 is 0 Å². The zero-order valence-electron chi connectivity index (χ0n) is 21.3. The van der Waals surface area contributed by atoms with Gasteiger partial charge in [0.15, 0.2) is 5.82 Å². The second kappa shape index (κ2) is 8.99. The Hall–Kier alpha value is -5.62. The van der Waals surface area contributed by atoms with Crippen LogP contribution in [-0.2, 0) is 0 Å². The maximum absolute atomic E-state index is 5.93. The fourth-order valence-electron chi connectivity index (χ4n) is 5.43. The van der Waals surface area contributed by atoms with Crippen LogP contribution in [0.3, 0.4) is 0 Å². The van der Waals surface area contributed by atoms with Gasteiger partial charge in [-0.25, -0.2) is 9.97 Å². The van der Waals surface area contributed by atoms with Crippen LogP contribution < -0.4 is 0 Å². The number of hydrogen-bond acceptors (Lipinski definition) is 5.